The Kier molecular flexibility index (Phi) is 6.65. The van der Waals surface area contributed by atoms with E-state index in [2.05, 4.69) is 9.97 Å². The molecule has 1 fully saturated rings. The molecule has 1 atom stereocenters. The van der Waals surface area contributed by atoms with Crippen LogP contribution in [0, 0.1) is 0 Å². The molecule has 142 valence electrons. The van der Waals surface area contributed by atoms with E-state index in [0.29, 0.717) is 37.0 Å². The number of hydrogen-bond acceptors (Lipinski definition) is 7. The van der Waals surface area contributed by atoms with Crippen LogP contribution in [-0.4, -0.2) is 59.3 Å². The van der Waals surface area contributed by atoms with Crippen LogP contribution in [0.15, 0.2) is 41.7 Å². The minimum absolute atomic E-state index is 0.0632. The third-order valence-electron chi connectivity index (χ3n) is 3.97. The molecule has 0 radical (unpaired) electrons. The number of carbonyl (C=O) groups excluding carboxylic acids is 2. The average Bonchev–Trinajstić information content (AvgIpc) is 2.73. The zero-order valence-corrected chi connectivity index (χ0v) is 16.2. The summed E-state index contributed by atoms with van der Waals surface area (Å²) in [5.74, 6) is -1.07. The number of morpholine rings is 1. The highest BCUT2D eigenvalue weighted by Crippen LogP contribution is 2.24. The summed E-state index contributed by atoms with van der Waals surface area (Å²) in [6.45, 7) is 1.81. The smallest absolute Gasteiger partial charge is 0.359 e. The second kappa shape index (κ2) is 9.16. The van der Waals surface area contributed by atoms with Gasteiger partial charge in [0.25, 0.3) is 5.91 Å². The molecule has 0 N–H and O–H groups in total. The van der Waals surface area contributed by atoms with Gasteiger partial charge in [-0.1, -0.05) is 53.7 Å². The Hall–Kier alpha value is -2.16. The third kappa shape index (κ3) is 4.77. The number of hydrogen-bond donors (Lipinski definition) is 0. The maximum Gasteiger partial charge on any atom is 0.359 e. The molecule has 0 saturated carbocycles. The van der Waals surface area contributed by atoms with Crippen molar-refractivity contribution < 1.29 is 19.1 Å². The first kappa shape index (κ1) is 19.6. The van der Waals surface area contributed by atoms with Crippen LogP contribution in [0.25, 0.3) is 0 Å². The molecule has 1 aromatic heterocycles. The number of rotatable bonds is 5. The molecular weight excluding hydrogens is 390 g/mol. The normalized spacial score (nSPS) is 15.3. The standard InChI is InChI=1S/C18H18ClN3O4S/c1-27-18-20-11-13(19)14(21-18)17(24)26-15(12-5-3-2-4-6-12)16(23)22-7-9-25-10-8-22/h2-6,11,15H,7-10H2,1H3/t15-/m1/s1. The van der Waals surface area contributed by atoms with E-state index in [1.807, 2.05) is 6.07 Å². The van der Waals surface area contributed by atoms with Crippen LogP contribution in [-0.2, 0) is 14.3 Å². The summed E-state index contributed by atoms with van der Waals surface area (Å²) in [5, 5.41) is 0.463. The molecule has 2 heterocycles. The Bertz CT molecular complexity index is 816. The summed E-state index contributed by atoms with van der Waals surface area (Å²) in [4.78, 5) is 35.4. The summed E-state index contributed by atoms with van der Waals surface area (Å²) in [6, 6.07) is 8.88. The molecule has 1 aliphatic rings. The van der Waals surface area contributed by atoms with Crippen molar-refractivity contribution in [2.45, 2.75) is 11.3 Å². The van der Waals surface area contributed by atoms with Crippen molar-refractivity contribution in [3.05, 3.63) is 52.8 Å². The van der Waals surface area contributed by atoms with Crippen LogP contribution in [0.2, 0.25) is 5.02 Å². The molecule has 0 spiro atoms. The van der Waals surface area contributed by atoms with Crippen LogP contribution < -0.4 is 0 Å². The Morgan fingerprint density at radius 2 is 1.96 bits per heavy atom. The van der Waals surface area contributed by atoms with E-state index < -0.39 is 12.1 Å². The highest BCUT2D eigenvalue weighted by Gasteiger charge is 2.31. The quantitative estimate of drug-likeness (QED) is 0.428. The summed E-state index contributed by atoms with van der Waals surface area (Å²) < 4.78 is 10.9. The van der Waals surface area contributed by atoms with Gasteiger partial charge >= 0.3 is 5.97 Å². The van der Waals surface area contributed by atoms with Crippen LogP contribution in [0.1, 0.15) is 22.2 Å². The van der Waals surface area contributed by atoms with Crippen molar-refractivity contribution in [2.75, 3.05) is 32.6 Å². The van der Waals surface area contributed by atoms with E-state index in [-0.39, 0.29) is 16.6 Å². The van der Waals surface area contributed by atoms with Gasteiger partial charge in [0.15, 0.2) is 10.9 Å². The van der Waals surface area contributed by atoms with Crippen molar-refractivity contribution in [1.29, 1.82) is 0 Å². The van der Waals surface area contributed by atoms with Crippen molar-refractivity contribution in [2.24, 2.45) is 0 Å². The molecule has 1 aromatic carbocycles. The number of halogens is 1. The van der Waals surface area contributed by atoms with Gasteiger partial charge in [-0.05, 0) is 6.26 Å². The monoisotopic (exact) mass is 407 g/mol. The van der Waals surface area contributed by atoms with Crippen LogP contribution in [0.4, 0.5) is 0 Å². The summed E-state index contributed by atoms with van der Waals surface area (Å²) in [5.41, 5.74) is 0.518. The third-order valence-corrected chi connectivity index (χ3v) is 4.81. The number of nitrogens with zero attached hydrogens (tertiary/aromatic N) is 3. The maximum atomic E-state index is 13.0. The molecular formula is C18H18ClN3O4S. The topological polar surface area (TPSA) is 81.6 Å². The van der Waals surface area contributed by atoms with Crippen molar-refractivity contribution in [3.63, 3.8) is 0 Å². The van der Waals surface area contributed by atoms with Crippen molar-refractivity contribution in [1.82, 2.24) is 14.9 Å². The van der Waals surface area contributed by atoms with Crippen molar-refractivity contribution in [3.8, 4) is 0 Å². The molecule has 27 heavy (non-hydrogen) atoms. The van der Waals surface area contributed by atoms with Gasteiger partial charge in [-0.25, -0.2) is 14.8 Å². The zero-order valence-electron chi connectivity index (χ0n) is 14.6. The van der Waals surface area contributed by atoms with Crippen LogP contribution in [0.5, 0.6) is 0 Å². The van der Waals surface area contributed by atoms with Crippen molar-refractivity contribution >= 4 is 35.2 Å². The number of esters is 1. The van der Waals surface area contributed by atoms with Gasteiger partial charge in [0.05, 0.1) is 24.4 Å². The first-order chi connectivity index (χ1) is 13.1. The number of ether oxygens (including phenoxy) is 2. The lowest BCUT2D eigenvalue weighted by molar-refractivity contribution is -0.145. The van der Waals surface area contributed by atoms with Gasteiger partial charge in [0.2, 0.25) is 6.10 Å². The Balaban J connectivity index is 1.87. The largest absolute Gasteiger partial charge is 0.443 e. The van der Waals surface area contributed by atoms with E-state index in [1.165, 1.54) is 18.0 Å². The predicted molar refractivity (Wildman–Crippen MR) is 101 cm³/mol. The van der Waals surface area contributed by atoms with E-state index >= 15 is 0 Å². The van der Waals surface area contributed by atoms with Crippen LogP contribution in [0.3, 0.4) is 0 Å². The molecule has 0 aliphatic carbocycles. The lowest BCUT2D eigenvalue weighted by Gasteiger charge is -2.30. The maximum absolute atomic E-state index is 13.0. The summed E-state index contributed by atoms with van der Waals surface area (Å²) >= 11 is 7.33. The number of carbonyl (C=O) groups is 2. The van der Waals surface area contributed by atoms with Gasteiger partial charge < -0.3 is 14.4 Å². The van der Waals surface area contributed by atoms with Gasteiger partial charge in [-0.15, -0.1) is 0 Å². The summed E-state index contributed by atoms with van der Waals surface area (Å²) in [6.07, 6.45) is 2.05. The van der Waals surface area contributed by atoms with Gasteiger partial charge in [0.1, 0.15) is 0 Å². The summed E-state index contributed by atoms with van der Waals surface area (Å²) in [7, 11) is 0. The fraction of sp³-hybridized carbons (Fsp3) is 0.333. The van der Waals surface area contributed by atoms with Gasteiger partial charge in [-0.3, -0.25) is 4.79 Å². The molecule has 3 rings (SSSR count). The number of amides is 1. The molecule has 0 unspecified atom stereocenters. The fourth-order valence-corrected chi connectivity index (χ4v) is 3.10. The first-order valence-electron chi connectivity index (χ1n) is 8.29. The highest BCUT2D eigenvalue weighted by atomic mass is 35.5. The SMILES string of the molecule is CSc1ncc(Cl)c(C(=O)O[C@@H](C(=O)N2CCOCC2)c2ccccc2)n1. The number of thioether (sulfide) groups is 1. The fourth-order valence-electron chi connectivity index (χ4n) is 2.59. The average molecular weight is 408 g/mol. The minimum Gasteiger partial charge on any atom is -0.443 e. The number of benzene rings is 1. The van der Waals surface area contributed by atoms with E-state index in [0.717, 1.165) is 0 Å². The zero-order chi connectivity index (χ0) is 19.2. The molecule has 7 nitrogen and oxygen atoms in total. The highest BCUT2D eigenvalue weighted by molar-refractivity contribution is 7.98. The predicted octanol–water partition coefficient (Wildman–Crippen LogP) is 2.61. The lowest BCUT2D eigenvalue weighted by Crippen LogP contribution is -2.44. The first-order valence-corrected chi connectivity index (χ1v) is 9.89. The Labute approximate surface area is 166 Å². The van der Waals surface area contributed by atoms with E-state index in [1.54, 1.807) is 35.4 Å². The Morgan fingerprint density at radius 1 is 1.26 bits per heavy atom. The number of aromatic nitrogens is 2. The molecule has 1 aliphatic heterocycles. The van der Waals surface area contributed by atoms with Gasteiger partial charge in [-0.2, -0.15) is 0 Å². The second-order valence-corrected chi connectivity index (χ2v) is 6.87. The van der Waals surface area contributed by atoms with E-state index in [9.17, 15) is 9.59 Å². The minimum atomic E-state index is -1.08. The van der Waals surface area contributed by atoms with Crippen LogP contribution >= 0.6 is 23.4 Å². The molecule has 1 amide bonds. The van der Waals surface area contributed by atoms with Gasteiger partial charge in [0, 0.05) is 18.7 Å². The molecule has 2 aromatic rings. The second-order valence-electron chi connectivity index (χ2n) is 5.69. The molecule has 9 heteroatoms. The Morgan fingerprint density at radius 3 is 2.63 bits per heavy atom. The lowest BCUT2D eigenvalue weighted by atomic mass is 10.1. The molecule has 0 bridgehead atoms. The molecule has 1 saturated heterocycles. The van der Waals surface area contributed by atoms with E-state index in [4.69, 9.17) is 21.1 Å².